The van der Waals surface area contributed by atoms with Crippen molar-refractivity contribution in [3.8, 4) is 0 Å². The third-order valence-corrected chi connectivity index (χ3v) is 5.85. The van der Waals surface area contributed by atoms with Gasteiger partial charge in [-0.3, -0.25) is 4.98 Å². The molecule has 3 rings (SSSR count). The van der Waals surface area contributed by atoms with Gasteiger partial charge in [0.15, 0.2) is 0 Å². The van der Waals surface area contributed by atoms with Crippen molar-refractivity contribution in [1.29, 1.82) is 0 Å². The van der Waals surface area contributed by atoms with Crippen LogP contribution in [0.4, 0.5) is 13.2 Å². The zero-order valence-corrected chi connectivity index (χ0v) is 15.5. The van der Waals surface area contributed by atoms with E-state index in [-0.39, 0.29) is 11.4 Å². The van der Waals surface area contributed by atoms with Crippen molar-refractivity contribution in [2.75, 3.05) is 0 Å². The topological polar surface area (TPSA) is 59.1 Å². The molecule has 0 unspecified atom stereocenters. The van der Waals surface area contributed by atoms with Gasteiger partial charge in [-0.15, -0.1) is 0 Å². The van der Waals surface area contributed by atoms with Crippen molar-refractivity contribution in [3.63, 3.8) is 0 Å². The molecule has 0 saturated heterocycles. The van der Waals surface area contributed by atoms with E-state index in [4.69, 9.17) is 0 Å². The highest BCUT2D eigenvalue weighted by Gasteiger charge is 2.30. The maximum Gasteiger partial charge on any atom is 0.416 e. The number of pyridine rings is 1. The molecule has 0 saturated carbocycles. The molecule has 0 bridgehead atoms. The molecule has 4 nitrogen and oxygen atoms in total. The van der Waals surface area contributed by atoms with Gasteiger partial charge in [0.25, 0.3) is 0 Å². The first-order valence-electron chi connectivity index (χ1n) is 7.37. The highest BCUT2D eigenvalue weighted by Crippen LogP contribution is 2.30. The summed E-state index contributed by atoms with van der Waals surface area (Å²) in [6.07, 6.45) is -2.92. The van der Waals surface area contributed by atoms with Gasteiger partial charge in [-0.1, -0.05) is 28.1 Å². The van der Waals surface area contributed by atoms with Crippen LogP contribution in [0, 0.1) is 0 Å². The summed E-state index contributed by atoms with van der Waals surface area (Å²) in [5.74, 6) is 0. The molecule has 0 aliphatic heterocycles. The van der Waals surface area contributed by atoms with Crippen LogP contribution in [0.1, 0.15) is 11.1 Å². The average Bonchev–Trinajstić information content (AvgIpc) is 2.61. The Hall–Kier alpha value is -1.97. The second kappa shape index (κ2) is 6.98. The number of sulfonamides is 1. The molecule has 26 heavy (non-hydrogen) atoms. The molecule has 1 heterocycles. The molecular formula is C17H12BrF3N2O2S. The van der Waals surface area contributed by atoms with Gasteiger partial charge in [0.05, 0.1) is 16.0 Å². The molecular weight excluding hydrogens is 433 g/mol. The summed E-state index contributed by atoms with van der Waals surface area (Å²) in [6.45, 7) is -0.0376. The average molecular weight is 445 g/mol. The van der Waals surface area contributed by atoms with Crippen LogP contribution in [0.25, 0.3) is 10.9 Å². The monoisotopic (exact) mass is 444 g/mol. The number of rotatable bonds is 4. The van der Waals surface area contributed by atoms with E-state index in [0.29, 0.717) is 11.1 Å². The Kier molecular flexibility index (Phi) is 5.05. The number of benzene rings is 2. The van der Waals surface area contributed by atoms with E-state index in [0.717, 1.165) is 34.1 Å². The van der Waals surface area contributed by atoms with Gasteiger partial charge < -0.3 is 0 Å². The van der Waals surface area contributed by atoms with E-state index in [1.165, 1.54) is 0 Å². The maximum absolute atomic E-state index is 12.6. The Morgan fingerprint density at radius 2 is 1.73 bits per heavy atom. The smallest absolute Gasteiger partial charge is 0.256 e. The lowest BCUT2D eigenvalue weighted by molar-refractivity contribution is -0.137. The number of halogens is 4. The fourth-order valence-corrected chi connectivity index (χ4v) is 3.88. The van der Waals surface area contributed by atoms with Crippen LogP contribution < -0.4 is 4.72 Å². The molecule has 2 aromatic carbocycles. The second-order valence-electron chi connectivity index (χ2n) is 5.45. The Morgan fingerprint density at radius 1 is 1.04 bits per heavy atom. The lowest BCUT2D eigenvalue weighted by atomic mass is 10.1. The second-order valence-corrected chi connectivity index (χ2v) is 8.07. The summed E-state index contributed by atoms with van der Waals surface area (Å²) < 4.78 is 65.7. The zero-order chi connectivity index (χ0) is 18.9. The van der Waals surface area contributed by atoms with E-state index in [1.54, 1.807) is 24.4 Å². The largest absolute Gasteiger partial charge is 0.416 e. The van der Waals surface area contributed by atoms with Crippen molar-refractivity contribution >= 4 is 36.9 Å². The van der Waals surface area contributed by atoms with Crippen LogP contribution >= 0.6 is 15.9 Å². The normalized spacial score (nSPS) is 12.5. The maximum atomic E-state index is 12.6. The van der Waals surface area contributed by atoms with Gasteiger partial charge in [0.2, 0.25) is 10.0 Å². The summed E-state index contributed by atoms with van der Waals surface area (Å²) in [5.41, 5.74) is 0.385. The Balaban J connectivity index is 1.84. The van der Waals surface area contributed by atoms with Crippen LogP contribution in [0.2, 0.25) is 0 Å². The van der Waals surface area contributed by atoms with Crippen molar-refractivity contribution in [2.45, 2.75) is 17.6 Å². The first kappa shape index (κ1) is 18.8. The number of alkyl halides is 3. The summed E-state index contributed by atoms with van der Waals surface area (Å²) in [5, 5.41) is 0.832. The standard InChI is InChI=1S/C17H12BrF3N2O2S/c18-15-8-3-11(16-14(15)2-1-9-22-16)10-23-26(24,25)13-6-4-12(5-7-13)17(19,20)21/h1-9,23H,10H2. The molecule has 0 atom stereocenters. The lowest BCUT2D eigenvalue weighted by Gasteiger charge is -2.11. The van der Waals surface area contributed by atoms with Crippen molar-refractivity contribution in [3.05, 3.63) is 70.3 Å². The predicted molar refractivity (Wildman–Crippen MR) is 94.9 cm³/mol. The SMILES string of the molecule is O=S(=O)(NCc1ccc(Br)c2cccnc12)c1ccc(C(F)(F)F)cc1. The summed E-state index contributed by atoms with van der Waals surface area (Å²) >= 11 is 3.41. The van der Waals surface area contributed by atoms with Crippen molar-refractivity contribution in [2.24, 2.45) is 0 Å². The molecule has 0 amide bonds. The Morgan fingerprint density at radius 3 is 2.38 bits per heavy atom. The van der Waals surface area contributed by atoms with Crippen molar-refractivity contribution in [1.82, 2.24) is 9.71 Å². The number of aromatic nitrogens is 1. The highest BCUT2D eigenvalue weighted by atomic mass is 79.9. The fraction of sp³-hybridized carbons (Fsp3) is 0.118. The zero-order valence-electron chi connectivity index (χ0n) is 13.1. The minimum Gasteiger partial charge on any atom is -0.256 e. The van der Waals surface area contributed by atoms with E-state index in [9.17, 15) is 21.6 Å². The summed E-state index contributed by atoms with van der Waals surface area (Å²) in [7, 11) is -3.96. The van der Waals surface area contributed by atoms with Gasteiger partial charge in [-0.2, -0.15) is 13.2 Å². The van der Waals surface area contributed by atoms with Gasteiger partial charge in [0, 0.05) is 22.6 Å². The molecule has 0 spiro atoms. The molecule has 1 aromatic heterocycles. The van der Waals surface area contributed by atoms with Crippen molar-refractivity contribution < 1.29 is 21.6 Å². The number of nitrogens with one attached hydrogen (secondary N) is 1. The Labute approximate surface area is 156 Å². The van der Waals surface area contributed by atoms with Crippen LogP contribution in [0.15, 0.2) is 64.1 Å². The number of hydrogen-bond acceptors (Lipinski definition) is 3. The fourth-order valence-electron chi connectivity index (χ4n) is 2.42. The van der Waals surface area contributed by atoms with Crippen LogP contribution in [-0.2, 0) is 22.7 Å². The van der Waals surface area contributed by atoms with Gasteiger partial charge in [-0.25, -0.2) is 13.1 Å². The number of nitrogens with zero attached hydrogens (tertiary/aromatic N) is 1. The third-order valence-electron chi connectivity index (χ3n) is 3.74. The molecule has 0 aliphatic rings. The molecule has 1 N–H and O–H groups in total. The molecule has 0 radical (unpaired) electrons. The van der Waals surface area contributed by atoms with Crippen LogP contribution in [0.5, 0.6) is 0 Å². The molecule has 136 valence electrons. The minimum atomic E-state index is -4.52. The predicted octanol–water partition coefficient (Wildman–Crippen LogP) is 4.49. The quantitative estimate of drug-likeness (QED) is 0.644. The molecule has 3 aromatic rings. The molecule has 0 aliphatic carbocycles. The Bertz CT molecular complexity index is 1050. The number of fused-ring (bicyclic) bond motifs is 1. The van der Waals surface area contributed by atoms with Gasteiger partial charge >= 0.3 is 6.18 Å². The van der Waals surface area contributed by atoms with E-state index in [1.807, 2.05) is 6.07 Å². The van der Waals surface area contributed by atoms with Gasteiger partial charge in [-0.05, 0) is 42.0 Å². The molecule has 9 heteroatoms. The van der Waals surface area contributed by atoms with E-state index >= 15 is 0 Å². The van der Waals surface area contributed by atoms with E-state index in [2.05, 4.69) is 25.6 Å². The minimum absolute atomic E-state index is 0.0376. The lowest BCUT2D eigenvalue weighted by Crippen LogP contribution is -2.23. The number of hydrogen-bond donors (Lipinski definition) is 1. The van der Waals surface area contributed by atoms with Crippen LogP contribution in [0.3, 0.4) is 0 Å². The first-order chi connectivity index (χ1) is 12.2. The highest BCUT2D eigenvalue weighted by molar-refractivity contribution is 9.10. The third kappa shape index (κ3) is 3.89. The van der Waals surface area contributed by atoms with E-state index < -0.39 is 21.8 Å². The summed E-state index contributed by atoms with van der Waals surface area (Å²) in [6, 6.07) is 10.5. The van der Waals surface area contributed by atoms with Gasteiger partial charge in [0.1, 0.15) is 0 Å². The van der Waals surface area contributed by atoms with Crippen LogP contribution in [-0.4, -0.2) is 13.4 Å². The molecule has 0 fully saturated rings. The first-order valence-corrected chi connectivity index (χ1v) is 9.65. The summed E-state index contributed by atoms with van der Waals surface area (Å²) in [4.78, 5) is 4.03.